The second-order valence-electron chi connectivity index (χ2n) is 4.63. The van der Waals surface area contributed by atoms with Gasteiger partial charge in [0, 0.05) is 21.4 Å². The van der Waals surface area contributed by atoms with Crippen molar-refractivity contribution in [3.05, 3.63) is 61.0 Å². The van der Waals surface area contributed by atoms with Crippen LogP contribution in [-0.4, -0.2) is 16.0 Å². The lowest BCUT2D eigenvalue weighted by molar-refractivity contribution is -0.387. The Morgan fingerprint density at radius 1 is 1.30 bits per heavy atom. The zero-order valence-corrected chi connectivity index (χ0v) is 13.9. The number of nitrogens with one attached hydrogen (secondary N) is 2. The first-order valence-corrected chi connectivity index (χ1v) is 7.37. The van der Waals surface area contributed by atoms with E-state index in [4.69, 9.17) is 5.21 Å². The van der Waals surface area contributed by atoms with Crippen molar-refractivity contribution in [2.75, 3.05) is 5.32 Å². The summed E-state index contributed by atoms with van der Waals surface area (Å²) in [5, 5.41) is 22.4. The van der Waals surface area contributed by atoms with Crippen molar-refractivity contribution in [1.29, 1.82) is 0 Å². The van der Waals surface area contributed by atoms with E-state index in [1.54, 1.807) is 6.07 Å². The van der Waals surface area contributed by atoms with Gasteiger partial charge in [0.2, 0.25) is 5.82 Å². The van der Waals surface area contributed by atoms with E-state index in [0.29, 0.717) is 5.69 Å². The van der Waals surface area contributed by atoms with E-state index in [1.807, 2.05) is 19.1 Å². The number of hydroxylamine groups is 1. The minimum Gasteiger partial charge on any atom is -0.355 e. The molecule has 0 unspecified atom stereocenters. The molecule has 2 aromatic rings. The summed E-state index contributed by atoms with van der Waals surface area (Å²) in [6.45, 7) is 1.82. The minimum absolute atomic E-state index is 0.00366. The number of amides is 1. The third-order valence-electron chi connectivity index (χ3n) is 3.09. The number of benzene rings is 2. The number of nitro groups is 1. The Morgan fingerprint density at radius 3 is 2.57 bits per heavy atom. The van der Waals surface area contributed by atoms with Crippen LogP contribution in [0.3, 0.4) is 0 Å². The Balaban J connectivity index is 2.54. The van der Waals surface area contributed by atoms with E-state index in [1.165, 1.54) is 5.48 Å². The average Bonchev–Trinajstić information content (AvgIpc) is 2.49. The van der Waals surface area contributed by atoms with Gasteiger partial charge >= 0.3 is 5.69 Å². The van der Waals surface area contributed by atoms with Crippen LogP contribution in [0.25, 0.3) is 0 Å². The highest BCUT2D eigenvalue weighted by molar-refractivity contribution is 14.1. The Hall–Kier alpha value is -2.27. The summed E-state index contributed by atoms with van der Waals surface area (Å²) >= 11 is 2.13. The van der Waals surface area contributed by atoms with Gasteiger partial charge in [0.25, 0.3) is 5.91 Å². The molecule has 23 heavy (non-hydrogen) atoms. The van der Waals surface area contributed by atoms with Crippen LogP contribution in [0.2, 0.25) is 0 Å². The molecule has 0 aliphatic rings. The van der Waals surface area contributed by atoms with Gasteiger partial charge in [-0.1, -0.05) is 0 Å². The number of nitrogens with zero attached hydrogens (tertiary/aromatic N) is 1. The topological polar surface area (TPSA) is 105 Å². The third-order valence-corrected chi connectivity index (χ3v) is 3.76. The Kier molecular flexibility index (Phi) is 5.11. The predicted octanol–water partition coefficient (Wildman–Crippen LogP) is 3.51. The molecule has 0 fully saturated rings. The van der Waals surface area contributed by atoms with Crippen molar-refractivity contribution >= 4 is 45.6 Å². The number of halogens is 2. The van der Waals surface area contributed by atoms with Gasteiger partial charge in [-0.3, -0.25) is 20.1 Å². The van der Waals surface area contributed by atoms with E-state index in [-0.39, 0.29) is 11.3 Å². The molecule has 3 N–H and O–H groups in total. The molecular formula is C14H11FIN3O4. The van der Waals surface area contributed by atoms with E-state index < -0.39 is 22.3 Å². The lowest BCUT2D eigenvalue weighted by atomic mass is 10.1. The normalized spacial score (nSPS) is 10.3. The molecule has 120 valence electrons. The molecular weight excluding hydrogens is 420 g/mol. The molecule has 0 aliphatic heterocycles. The highest BCUT2D eigenvalue weighted by atomic mass is 127. The van der Waals surface area contributed by atoms with Crippen LogP contribution in [0, 0.1) is 26.4 Å². The molecule has 0 aliphatic carbocycles. The first kappa shape index (κ1) is 17.1. The van der Waals surface area contributed by atoms with Crippen molar-refractivity contribution < 1.29 is 19.3 Å². The maximum atomic E-state index is 13.8. The zero-order valence-electron chi connectivity index (χ0n) is 11.8. The van der Waals surface area contributed by atoms with Crippen LogP contribution in [0.15, 0.2) is 30.3 Å². The molecule has 0 radical (unpaired) electrons. The first-order chi connectivity index (χ1) is 10.8. The summed E-state index contributed by atoms with van der Waals surface area (Å²) in [6, 6.07) is 7.03. The van der Waals surface area contributed by atoms with Gasteiger partial charge in [0.05, 0.1) is 16.2 Å². The van der Waals surface area contributed by atoms with Crippen LogP contribution in [0.5, 0.6) is 0 Å². The van der Waals surface area contributed by atoms with Gasteiger partial charge in [-0.05, 0) is 53.3 Å². The molecule has 0 aromatic heterocycles. The van der Waals surface area contributed by atoms with Gasteiger partial charge in [-0.2, -0.15) is 4.39 Å². The lowest BCUT2D eigenvalue weighted by Gasteiger charge is -2.13. The van der Waals surface area contributed by atoms with Crippen molar-refractivity contribution in [3.8, 4) is 0 Å². The maximum absolute atomic E-state index is 13.8. The fourth-order valence-corrected chi connectivity index (χ4v) is 2.61. The first-order valence-electron chi connectivity index (χ1n) is 6.29. The highest BCUT2D eigenvalue weighted by Gasteiger charge is 2.22. The molecule has 9 heteroatoms. The van der Waals surface area contributed by atoms with Crippen molar-refractivity contribution in [1.82, 2.24) is 5.48 Å². The van der Waals surface area contributed by atoms with Crippen LogP contribution in [0.1, 0.15) is 15.9 Å². The van der Waals surface area contributed by atoms with E-state index in [2.05, 4.69) is 27.9 Å². The fraction of sp³-hybridized carbons (Fsp3) is 0.0714. The quantitative estimate of drug-likeness (QED) is 0.298. The van der Waals surface area contributed by atoms with Crippen LogP contribution >= 0.6 is 22.6 Å². The van der Waals surface area contributed by atoms with Crippen molar-refractivity contribution in [2.24, 2.45) is 0 Å². The number of hydrogen-bond acceptors (Lipinski definition) is 5. The summed E-state index contributed by atoms with van der Waals surface area (Å²) in [6.07, 6.45) is 0. The largest absolute Gasteiger partial charge is 0.355 e. The number of aryl methyl sites for hydroxylation is 1. The monoisotopic (exact) mass is 431 g/mol. The summed E-state index contributed by atoms with van der Waals surface area (Å²) in [4.78, 5) is 21.6. The average molecular weight is 431 g/mol. The summed E-state index contributed by atoms with van der Waals surface area (Å²) in [5.41, 5.74) is 1.73. The smallest absolute Gasteiger partial charge is 0.305 e. The van der Waals surface area contributed by atoms with Gasteiger partial charge in [0.15, 0.2) is 0 Å². The summed E-state index contributed by atoms with van der Waals surface area (Å²) in [7, 11) is 0. The van der Waals surface area contributed by atoms with Gasteiger partial charge in [0.1, 0.15) is 0 Å². The highest BCUT2D eigenvalue weighted by Crippen LogP contribution is 2.30. The number of rotatable bonds is 4. The van der Waals surface area contributed by atoms with Crippen LogP contribution in [0.4, 0.5) is 21.5 Å². The molecule has 0 heterocycles. The SMILES string of the molecule is Cc1cc(I)ccc1Nc1cc(F)c([N+](=O)[O-])cc1C(=O)NO. The predicted molar refractivity (Wildman–Crippen MR) is 89.5 cm³/mol. The second kappa shape index (κ2) is 6.87. The third kappa shape index (κ3) is 3.74. The second-order valence-corrected chi connectivity index (χ2v) is 5.88. The zero-order chi connectivity index (χ0) is 17.1. The molecule has 7 nitrogen and oxygen atoms in total. The lowest BCUT2D eigenvalue weighted by Crippen LogP contribution is -2.20. The van der Waals surface area contributed by atoms with Gasteiger partial charge in [-0.15, -0.1) is 0 Å². The van der Waals surface area contributed by atoms with Crippen LogP contribution < -0.4 is 10.8 Å². The minimum atomic E-state index is -1.09. The fourth-order valence-electron chi connectivity index (χ4n) is 1.97. The van der Waals surface area contributed by atoms with Gasteiger partial charge < -0.3 is 5.32 Å². The molecule has 0 atom stereocenters. The molecule has 0 bridgehead atoms. The Morgan fingerprint density at radius 2 is 2.00 bits per heavy atom. The molecule has 0 saturated heterocycles. The Labute approximate surface area is 143 Å². The molecule has 0 saturated carbocycles. The Bertz CT molecular complexity index is 798. The molecule has 2 aromatic carbocycles. The standard InChI is InChI=1S/C14H11FIN3O4/c1-7-4-8(16)2-3-11(7)17-12-6-10(15)13(19(22)23)5-9(12)14(20)18-21/h2-6,17,21H,1H3,(H,18,20). The van der Waals surface area contributed by atoms with Crippen LogP contribution in [-0.2, 0) is 0 Å². The van der Waals surface area contributed by atoms with Crippen molar-refractivity contribution in [2.45, 2.75) is 6.92 Å². The molecule has 0 spiro atoms. The number of hydrogen-bond donors (Lipinski definition) is 3. The number of nitro benzene ring substituents is 1. The van der Waals surface area contributed by atoms with E-state index >= 15 is 0 Å². The summed E-state index contributed by atoms with van der Waals surface area (Å²) < 4.78 is 14.8. The maximum Gasteiger partial charge on any atom is 0.305 e. The van der Waals surface area contributed by atoms with E-state index in [9.17, 15) is 19.3 Å². The summed E-state index contributed by atoms with van der Waals surface area (Å²) in [5.74, 6) is -2.08. The molecule has 1 amide bonds. The van der Waals surface area contributed by atoms with Gasteiger partial charge in [-0.25, -0.2) is 5.48 Å². The molecule has 2 rings (SSSR count). The number of anilines is 2. The number of carbonyl (C=O) groups is 1. The van der Waals surface area contributed by atoms with Crippen molar-refractivity contribution in [3.63, 3.8) is 0 Å². The number of carbonyl (C=O) groups excluding carboxylic acids is 1. The van der Waals surface area contributed by atoms with E-state index in [0.717, 1.165) is 21.3 Å².